The molecule has 0 radical (unpaired) electrons. The Balaban J connectivity index is 1.45. The third-order valence-corrected chi connectivity index (χ3v) is 5.26. The van der Waals surface area contributed by atoms with Crippen molar-refractivity contribution in [2.24, 2.45) is 0 Å². The number of aliphatic hydroxyl groups excluding tert-OH is 1. The number of rotatable bonds is 6. The number of halogens is 1. The summed E-state index contributed by atoms with van der Waals surface area (Å²) >= 11 is 6.48. The Labute approximate surface area is 181 Å². The van der Waals surface area contributed by atoms with Crippen molar-refractivity contribution in [3.05, 3.63) is 66.2 Å². The third kappa shape index (κ3) is 3.52. The summed E-state index contributed by atoms with van der Waals surface area (Å²) in [4.78, 5) is 11.4. The highest BCUT2D eigenvalue weighted by atomic mass is 35.5. The Hall–Kier alpha value is -3.75. The molecule has 0 aliphatic carbocycles. The van der Waals surface area contributed by atoms with E-state index in [1.54, 1.807) is 24.4 Å². The maximum absolute atomic E-state index is 10.1. The van der Waals surface area contributed by atoms with E-state index in [1.165, 1.54) is 6.33 Å². The molecule has 2 aromatic carbocycles. The molecule has 0 saturated carbocycles. The molecule has 0 aliphatic heterocycles. The first-order valence-electron chi connectivity index (χ1n) is 9.58. The molecule has 0 bridgehead atoms. The molecule has 0 spiro atoms. The van der Waals surface area contributed by atoms with Gasteiger partial charge in [-0.25, -0.2) is 9.97 Å². The zero-order chi connectivity index (χ0) is 21.4. The van der Waals surface area contributed by atoms with Gasteiger partial charge in [0.05, 0.1) is 22.5 Å². The number of aromatic nitrogens is 4. The molecule has 4 N–H and O–H groups in total. The molecule has 9 heteroatoms. The zero-order valence-corrected chi connectivity index (χ0v) is 17.0. The number of aromatic amines is 1. The van der Waals surface area contributed by atoms with Gasteiger partial charge in [0.2, 0.25) is 0 Å². The maximum Gasteiger partial charge on any atom is 0.200 e. The van der Waals surface area contributed by atoms with Crippen LogP contribution in [0.4, 0.5) is 11.5 Å². The fraction of sp³-hybridized carbons (Fsp3) is 0.0909. The average Bonchev–Trinajstić information content (AvgIpc) is 3.35. The summed E-state index contributed by atoms with van der Waals surface area (Å²) in [6.07, 6.45) is 5.06. The fourth-order valence-electron chi connectivity index (χ4n) is 3.56. The van der Waals surface area contributed by atoms with Gasteiger partial charge in [0.25, 0.3) is 0 Å². The summed E-state index contributed by atoms with van der Waals surface area (Å²) in [6, 6.07) is 12.7. The minimum absolute atomic E-state index is 0.0133. The molecule has 0 saturated heterocycles. The third-order valence-electron chi connectivity index (χ3n) is 4.97. The number of nitrogens with one attached hydrogen (secondary N) is 2. The topological polar surface area (TPSA) is 108 Å². The van der Waals surface area contributed by atoms with Crippen LogP contribution in [0.25, 0.3) is 21.8 Å². The van der Waals surface area contributed by atoms with E-state index in [4.69, 9.17) is 16.3 Å². The lowest BCUT2D eigenvalue weighted by Gasteiger charge is -2.12. The molecule has 0 atom stereocenters. The van der Waals surface area contributed by atoms with Crippen LogP contribution in [0.3, 0.4) is 0 Å². The zero-order valence-electron chi connectivity index (χ0n) is 16.2. The van der Waals surface area contributed by atoms with Crippen molar-refractivity contribution in [1.29, 1.82) is 0 Å². The second kappa shape index (κ2) is 7.82. The van der Waals surface area contributed by atoms with Gasteiger partial charge in [-0.1, -0.05) is 23.7 Å². The van der Waals surface area contributed by atoms with Crippen LogP contribution in [0.1, 0.15) is 0 Å². The molecule has 3 aromatic heterocycles. The van der Waals surface area contributed by atoms with Gasteiger partial charge >= 0.3 is 0 Å². The monoisotopic (exact) mass is 435 g/mol. The molecule has 5 aromatic rings. The first kappa shape index (κ1) is 19.2. The van der Waals surface area contributed by atoms with Crippen molar-refractivity contribution in [2.75, 3.05) is 11.9 Å². The molecule has 0 fully saturated rings. The van der Waals surface area contributed by atoms with E-state index in [0.717, 1.165) is 22.1 Å². The number of aliphatic hydroxyl groups is 1. The Bertz CT molecular complexity index is 1390. The smallest absolute Gasteiger partial charge is 0.200 e. The van der Waals surface area contributed by atoms with Crippen LogP contribution in [0.2, 0.25) is 5.02 Å². The van der Waals surface area contributed by atoms with Gasteiger partial charge in [-0.05, 0) is 30.3 Å². The van der Waals surface area contributed by atoms with Crippen molar-refractivity contribution in [3.63, 3.8) is 0 Å². The number of ether oxygens (including phenoxy) is 1. The van der Waals surface area contributed by atoms with E-state index < -0.39 is 0 Å². The largest absolute Gasteiger partial charge is 0.494 e. The number of benzene rings is 2. The van der Waals surface area contributed by atoms with Gasteiger partial charge in [0.15, 0.2) is 11.7 Å². The van der Waals surface area contributed by atoms with E-state index in [0.29, 0.717) is 34.3 Å². The molecule has 156 valence electrons. The Morgan fingerprint density at radius 3 is 2.87 bits per heavy atom. The van der Waals surface area contributed by atoms with Crippen LogP contribution >= 0.6 is 11.6 Å². The molecule has 31 heavy (non-hydrogen) atoms. The van der Waals surface area contributed by atoms with Crippen LogP contribution in [-0.2, 0) is 6.54 Å². The Morgan fingerprint density at radius 1 is 1.13 bits per heavy atom. The average molecular weight is 436 g/mol. The summed E-state index contributed by atoms with van der Waals surface area (Å²) in [5.41, 5.74) is 2.29. The van der Waals surface area contributed by atoms with Crippen LogP contribution in [-0.4, -0.2) is 36.3 Å². The number of nitrogens with zero attached hydrogens (tertiary/aromatic N) is 3. The first-order chi connectivity index (χ1) is 15.1. The van der Waals surface area contributed by atoms with Gasteiger partial charge in [0.1, 0.15) is 23.3 Å². The van der Waals surface area contributed by atoms with E-state index in [-0.39, 0.29) is 12.5 Å². The standard InChI is InChI=1S/C22H18ClN5O3/c23-15-10-14(27-21-20-16(25-12-26-21)6-7-28(20)8-9-29)4-5-17(15)31-18-3-1-2-13-11-24-22(30)19(13)18/h1-7,10-12,24,29-30H,8-9H2,(H,25,26,27). The lowest BCUT2D eigenvalue weighted by atomic mass is 10.2. The Morgan fingerprint density at radius 2 is 2.03 bits per heavy atom. The van der Waals surface area contributed by atoms with Crippen molar-refractivity contribution in [1.82, 2.24) is 19.5 Å². The lowest BCUT2D eigenvalue weighted by molar-refractivity contribution is 0.278. The molecule has 3 heterocycles. The fourth-order valence-corrected chi connectivity index (χ4v) is 3.78. The highest BCUT2D eigenvalue weighted by Gasteiger charge is 2.13. The van der Waals surface area contributed by atoms with E-state index in [2.05, 4.69) is 20.3 Å². The maximum atomic E-state index is 10.1. The summed E-state index contributed by atoms with van der Waals surface area (Å²) in [6.45, 7) is 0.454. The lowest BCUT2D eigenvalue weighted by Crippen LogP contribution is -2.04. The number of H-pyrrole nitrogens is 1. The Kier molecular flexibility index (Phi) is 4.85. The van der Waals surface area contributed by atoms with Crippen molar-refractivity contribution >= 4 is 44.9 Å². The minimum atomic E-state index is 0.0133. The molecule has 0 unspecified atom stereocenters. The molecule has 0 amide bonds. The predicted molar refractivity (Wildman–Crippen MR) is 119 cm³/mol. The van der Waals surface area contributed by atoms with Crippen molar-refractivity contribution in [3.8, 4) is 17.4 Å². The number of aromatic hydroxyl groups is 1. The highest BCUT2D eigenvalue weighted by Crippen LogP contribution is 2.38. The van der Waals surface area contributed by atoms with Gasteiger partial charge in [0, 0.05) is 30.0 Å². The highest BCUT2D eigenvalue weighted by molar-refractivity contribution is 6.32. The summed E-state index contributed by atoms with van der Waals surface area (Å²) < 4.78 is 7.87. The summed E-state index contributed by atoms with van der Waals surface area (Å²) in [5.74, 6) is 1.60. The van der Waals surface area contributed by atoms with Crippen molar-refractivity contribution in [2.45, 2.75) is 6.54 Å². The van der Waals surface area contributed by atoms with Gasteiger partial charge < -0.3 is 29.8 Å². The normalized spacial score (nSPS) is 11.3. The minimum Gasteiger partial charge on any atom is -0.494 e. The molecular formula is C22H18ClN5O3. The second-order valence-electron chi connectivity index (χ2n) is 6.92. The molecule has 5 rings (SSSR count). The number of hydrogen-bond donors (Lipinski definition) is 4. The first-order valence-corrected chi connectivity index (χ1v) is 9.96. The van der Waals surface area contributed by atoms with Crippen LogP contribution in [0.5, 0.6) is 17.4 Å². The molecular weight excluding hydrogens is 418 g/mol. The molecule has 0 aliphatic rings. The summed E-state index contributed by atoms with van der Waals surface area (Å²) in [7, 11) is 0. The SMILES string of the molecule is OCCn1ccc2ncnc(Nc3ccc(Oc4cccc5c[nH]c(O)c45)c(Cl)c3)c21. The van der Waals surface area contributed by atoms with Crippen LogP contribution < -0.4 is 10.1 Å². The van der Waals surface area contributed by atoms with E-state index in [1.807, 2.05) is 35.0 Å². The van der Waals surface area contributed by atoms with Gasteiger partial charge in [-0.15, -0.1) is 0 Å². The molecule has 8 nitrogen and oxygen atoms in total. The summed E-state index contributed by atoms with van der Waals surface area (Å²) in [5, 5.41) is 24.5. The second-order valence-corrected chi connectivity index (χ2v) is 7.33. The van der Waals surface area contributed by atoms with E-state index in [9.17, 15) is 10.2 Å². The number of anilines is 2. The van der Waals surface area contributed by atoms with Gasteiger partial charge in [-0.2, -0.15) is 0 Å². The predicted octanol–water partition coefficient (Wildman–Crippen LogP) is 4.80. The number of fused-ring (bicyclic) bond motifs is 2. The van der Waals surface area contributed by atoms with Crippen molar-refractivity contribution < 1.29 is 14.9 Å². The van der Waals surface area contributed by atoms with Crippen LogP contribution in [0, 0.1) is 0 Å². The van der Waals surface area contributed by atoms with Crippen LogP contribution in [0.15, 0.2) is 61.2 Å². The van der Waals surface area contributed by atoms with Gasteiger partial charge in [-0.3, -0.25) is 0 Å². The van der Waals surface area contributed by atoms with E-state index >= 15 is 0 Å². The number of hydrogen-bond acceptors (Lipinski definition) is 6. The quantitative estimate of drug-likeness (QED) is 0.305.